The van der Waals surface area contributed by atoms with Crippen molar-refractivity contribution in [2.24, 2.45) is 10.8 Å². The molecule has 5 rings (SSSR count). The summed E-state index contributed by atoms with van der Waals surface area (Å²) in [6.45, 7) is 10.7. The molecular weight excluding hydrogens is 338 g/mol. The van der Waals surface area contributed by atoms with Gasteiger partial charge in [0, 0.05) is 44.0 Å². The predicted molar refractivity (Wildman–Crippen MR) is 109 cm³/mol. The summed E-state index contributed by atoms with van der Waals surface area (Å²) < 4.78 is 0. The molecule has 0 radical (unpaired) electrons. The number of nitrogens with one attached hydrogen (secondary N) is 3. The first-order valence-corrected chi connectivity index (χ1v) is 10.4. The molecule has 2 saturated carbocycles. The highest BCUT2D eigenvalue weighted by molar-refractivity contribution is 6.04. The SMILES string of the molecule is CC.CC(=N)c1c(N)ncnc1NC1CC2(C1)CN(C1CC3(CNC3)C1)C2. The summed E-state index contributed by atoms with van der Waals surface area (Å²) in [5.41, 5.74) is 8.17. The van der Waals surface area contributed by atoms with Gasteiger partial charge in [0.25, 0.3) is 0 Å². The van der Waals surface area contributed by atoms with Gasteiger partial charge in [0.05, 0.1) is 5.56 Å². The zero-order chi connectivity index (χ0) is 19.2. The fourth-order valence-electron chi connectivity index (χ4n) is 5.46. The van der Waals surface area contributed by atoms with Crippen molar-refractivity contribution in [3.63, 3.8) is 0 Å². The monoisotopic (exact) mass is 371 g/mol. The molecule has 0 atom stereocenters. The van der Waals surface area contributed by atoms with E-state index in [0.29, 0.717) is 34.0 Å². The largest absolute Gasteiger partial charge is 0.383 e. The van der Waals surface area contributed by atoms with E-state index in [9.17, 15) is 0 Å². The third-order valence-electron chi connectivity index (χ3n) is 6.88. The Hall–Kier alpha value is -1.73. The van der Waals surface area contributed by atoms with Crippen LogP contribution in [0.5, 0.6) is 0 Å². The van der Waals surface area contributed by atoms with Gasteiger partial charge >= 0.3 is 0 Å². The van der Waals surface area contributed by atoms with E-state index in [1.54, 1.807) is 6.92 Å². The Bertz CT molecular complexity index is 705. The van der Waals surface area contributed by atoms with Crippen LogP contribution in [0.2, 0.25) is 0 Å². The third kappa shape index (κ3) is 3.10. The molecule has 0 aromatic carbocycles. The van der Waals surface area contributed by atoms with Crippen LogP contribution < -0.4 is 16.4 Å². The van der Waals surface area contributed by atoms with Gasteiger partial charge in [-0.2, -0.15) is 0 Å². The summed E-state index contributed by atoms with van der Waals surface area (Å²) in [6.07, 6.45) is 6.68. The van der Waals surface area contributed by atoms with Crippen LogP contribution in [0.3, 0.4) is 0 Å². The fraction of sp³-hybridized carbons (Fsp3) is 0.750. The smallest absolute Gasteiger partial charge is 0.140 e. The molecule has 0 amide bonds. The lowest BCUT2D eigenvalue weighted by Gasteiger charge is -2.66. The minimum atomic E-state index is 0.387. The summed E-state index contributed by atoms with van der Waals surface area (Å²) in [7, 11) is 0. The average Bonchev–Trinajstić information content (AvgIpc) is 2.49. The molecule has 2 aliphatic carbocycles. The van der Waals surface area contributed by atoms with Gasteiger partial charge < -0.3 is 21.8 Å². The molecule has 1 aromatic rings. The van der Waals surface area contributed by atoms with Crippen LogP contribution >= 0.6 is 0 Å². The zero-order valence-electron chi connectivity index (χ0n) is 16.8. The topological polar surface area (TPSA) is 103 Å². The standard InChI is InChI=1S/C18H27N7.C2H6/c1-11(19)14-15(20)22-10-23-16(14)24-12-2-18(3-12)8-25(9-18)13-4-17(5-13)6-21-7-17;1-2/h10,12-13,19,21H,2-9H2,1H3,(H3,20,22,23,24);1-2H3. The Morgan fingerprint density at radius 1 is 1.19 bits per heavy atom. The number of rotatable bonds is 4. The third-order valence-corrected chi connectivity index (χ3v) is 6.88. The number of hydrogen-bond acceptors (Lipinski definition) is 7. The van der Waals surface area contributed by atoms with Crippen LogP contribution in [0.4, 0.5) is 11.6 Å². The maximum absolute atomic E-state index is 7.90. The van der Waals surface area contributed by atoms with Crippen LogP contribution in [-0.2, 0) is 0 Å². The van der Waals surface area contributed by atoms with Gasteiger partial charge in [0.1, 0.15) is 18.0 Å². The second-order valence-electron chi connectivity index (χ2n) is 8.93. The normalized spacial score (nSPS) is 27.4. The van der Waals surface area contributed by atoms with E-state index in [-0.39, 0.29) is 0 Å². The van der Waals surface area contributed by atoms with Crippen LogP contribution in [0.15, 0.2) is 6.33 Å². The van der Waals surface area contributed by atoms with Crippen LogP contribution in [0.25, 0.3) is 0 Å². The first-order valence-electron chi connectivity index (χ1n) is 10.4. The van der Waals surface area contributed by atoms with Crippen LogP contribution in [0.1, 0.15) is 52.0 Å². The molecule has 2 saturated heterocycles. The Labute approximate surface area is 162 Å². The lowest BCUT2D eigenvalue weighted by Crippen LogP contribution is -2.72. The molecule has 27 heavy (non-hydrogen) atoms. The maximum atomic E-state index is 7.90. The van der Waals surface area contributed by atoms with E-state index in [1.165, 1.54) is 58.2 Å². The summed E-state index contributed by atoms with van der Waals surface area (Å²) in [6, 6.07) is 1.28. The molecule has 7 heteroatoms. The number of nitrogen functional groups attached to an aromatic ring is 1. The minimum Gasteiger partial charge on any atom is -0.383 e. The molecule has 0 bridgehead atoms. The highest BCUT2D eigenvalue weighted by Crippen LogP contribution is 2.55. The number of hydrogen-bond donors (Lipinski definition) is 4. The molecule has 0 unspecified atom stereocenters. The van der Waals surface area contributed by atoms with E-state index >= 15 is 0 Å². The molecule has 2 spiro atoms. The molecule has 4 aliphatic rings. The van der Waals surface area contributed by atoms with Gasteiger partial charge in [-0.1, -0.05) is 13.8 Å². The van der Waals surface area contributed by atoms with Gasteiger partial charge in [-0.3, -0.25) is 4.90 Å². The van der Waals surface area contributed by atoms with E-state index < -0.39 is 0 Å². The van der Waals surface area contributed by atoms with Crippen molar-refractivity contribution in [2.45, 2.75) is 58.5 Å². The number of nitrogens with zero attached hydrogens (tertiary/aromatic N) is 3. The minimum absolute atomic E-state index is 0.387. The Morgan fingerprint density at radius 3 is 2.41 bits per heavy atom. The number of likely N-dealkylation sites (tertiary alicyclic amines) is 1. The van der Waals surface area contributed by atoms with Gasteiger partial charge in [0.2, 0.25) is 0 Å². The summed E-state index contributed by atoms with van der Waals surface area (Å²) in [4.78, 5) is 11.0. The van der Waals surface area contributed by atoms with Crippen molar-refractivity contribution in [3.05, 3.63) is 11.9 Å². The lowest BCUT2D eigenvalue weighted by atomic mass is 9.56. The summed E-state index contributed by atoms with van der Waals surface area (Å²) in [5.74, 6) is 1.10. The van der Waals surface area contributed by atoms with Crippen molar-refractivity contribution in [3.8, 4) is 0 Å². The maximum Gasteiger partial charge on any atom is 0.140 e. The van der Waals surface area contributed by atoms with Crippen molar-refractivity contribution < 1.29 is 0 Å². The van der Waals surface area contributed by atoms with Crippen molar-refractivity contribution in [2.75, 3.05) is 37.2 Å². The van der Waals surface area contributed by atoms with E-state index in [2.05, 4.69) is 25.5 Å². The number of aromatic nitrogens is 2. The van der Waals surface area contributed by atoms with Gasteiger partial charge in [-0.05, 0) is 43.4 Å². The van der Waals surface area contributed by atoms with E-state index in [0.717, 1.165) is 11.9 Å². The molecular formula is C20H33N7. The summed E-state index contributed by atoms with van der Waals surface area (Å²) in [5, 5.41) is 14.8. The second kappa shape index (κ2) is 6.71. The van der Waals surface area contributed by atoms with Crippen LogP contribution in [-0.4, -0.2) is 58.8 Å². The first-order chi connectivity index (χ1) is 13.0. The van der Waals surface area contributed by atoms with E-state index in [1.807, 2.05) is 13.8 Å². The average molecular weight is 372 g/mol. The quantitative estimate of drug-likeness (QED) is 0.605. The van der Waals surface area contributed by atoms with E-state index in [4.69, 9.17) is 11.1 Å². The Morgan fingerprint density at radius 2 is 1.85 bits per heavy atom. The Kier molecular flexibility index (Phi) is 4.63. The fourth-order valence-corrected chi connectivity index (χ4v) is 5.46. The molecule has 4 fully saturated rings. The number of anilines is 2. The molecule has 2 aliphatic heterocycles. The first kappa shape index (κ1) is 18.6. The van der Waals surface area contributed by atoms with Gasteiger partial charge in [0.15, 0.2) is 0 Å². The van der Waals surface area contributed by atoms with Crippen molar-refractivity contribution in [1.82, 2.24) is 20.2 Å². The highest BCUT2D eigenvalue weighted by Gasteiger charge is 2.58. The summed E-state index contributed by atoms with van der Waals surface area (Å²) >= 11 is 0. The second-order valence-corrected chi connectivity index (χ2v) is 8.93. The van der Waals surface area contributed by atoms with Gasteiger partial charge in [-0.15, -0.1) is 0 Å². The van der Waals surface area contributed by atoms with Crippen molar-refractivity contribution in [1.29, 1.82) is 5.41 Å². The Balaban J connectivity index is 0.000000872. The lowest BCUT2D eigenvalue weighted by molar-refractivity contribution is -0.141. The molecule has 1 aromatic heterocycles. The zero-order valence-corrected chi connectivity index (χ0v) is 16.8. The molecule has 5 N–H and O–H groups in total. The van der Waals surface area contributed by atoms with Gasteiger partial charge in [-0.25, -0.2) is 9.97 Å². The van der Waals surface area contributed by atoms with Crippen molar-refractivity contribution >= 4 is 17.3 Å². The number of nitrogens with two attached hydrogens (primary N) is 1. The highest BCUT2D eigenvalue weighted by atomic mass is 15.3. The molecule has 3 heterocycles. The molecule has 148 valence electrons. The van der Waals surface area contributed by atoms with Crippen LogP contribution in [0, 0.1) is 16.2 Å². The predicted octanol–water partition coefficient (Wildman–Crippen LogP) is 2.10. The molecule has 7 nitrogen and oxygen atoms in total.